The van der Waals surface area contributed by atoms with Gasteiger partial charge >= 0.3 is 0 Å². The van der Waals surface area contributed by atoms with Crippen molar-refractivity contribution >= 4 is 28.1 Å². The summed E-state index contributed by atoms with van der Waals surface area (Å²) < 4.78 is 2.03. The molecule has 3 rings (SSSR count). The molecule has 1 N–H and O–H groups in total. The second-order valence-electron chi connectivity index (χ2n) is 5.70. The van der Waals surface area contributed by atoms with E-state index in [0.717, 1.165) is 28.0 Å². The molecule has 0 atom stereocenters. The van der Waals surface area contributed by atoms with Crippen molar-refractivity contribution in [2.45, 2.75) is 26.9 Å². The SMILES string of the molecule is CC(C)Cn1nc(CNC(=O)c2cccs2)c2ccccc21. The first kappa shape index (κ1) is 14.8. The minimum Gasteiger partial charge on any atom is -0.346 e. The zero-order valence-electron chi connectivity index (χ0n) is 12.7. The van der Waals surface area contributed by atoms with E-state index in [9.17, 15) is 4.79 Å². The van der Waals surface area contributed by atoms with E-state index in [1.54, 1.807) is 0 Å². The van der Waals surface area contributed by atoms with Crippen molar-refractivity contribution in [3.05, 3.63) is 52.3 Å². The molecule has 3 aromatic rings. The van der Waals surface area contributed by atoms with Crippen LogP contribution in [0, 0.1) is 5.92 Å². The Morgan fingerprint density at radius 2 is 2.09 bits per heavy atom. The minimum absolute atomic E-state index is 0.0440. The predicted octanol–water partition coefficient (Wildman–Crippen LogP) is 3.68. The molecule has 4 nitrogen and oxygen atoms in total. The standard InChI is InChI=1S/C17H19N3OS/c1-12(2)11-20-15-7-4-3-6-13(15)14(19-20)10-18-17(21)16-8-5-9-22-16/h3-9,12H,10-11H2,1-2H3,(H,18,21). The third kappa shape index (κ3) is 3.04. The van der Waals surface area contributed by atoms with Crippen LogP contribution < -0.4 is 5.32 Å². The van der Waals surface area contributed by atoms with Gasteiger partial charge < -0.3 is 5.32 Å². The van der Waals surface area contributed by atoms with Crippen molar-refractivity contribution in [3.8, 4) is 0 Å². The number of hydrogen-bond donors (Lipinski definition) is 1. The molecule has 0 unspecified atom stereocenters. The molecule has 0 spiro atoms. The lowest BCUT2D eigenvalue weighted by molar-refractivity contribution is 0.0954. The van der Waals surface area contributed by atoms with Gasteiger partial charge in [-0.05, 0) is 23.4 Å². The number of rotatable bonds is 5. The number of para-hydroxylation sites is 1. The Labute approximate surface area is 133 Å². The fourth-order valence-electron chi connectivity index (χ4n) is 2.47. The summed E-state index contributed by atoms with van der Waals surface area (Å²) in [7, 11) is 0. The van der Waals surface area contributed by atoms with Crippen LogP contribution in [0.2, 0.25) is 0 Å². The van der Waals surface area contributed by atoms with E-state index in [1.165, 1.54) is 11.3 Å². The van der Waals surface area contributed by atoms with Gasteiger partial charge in [0.2, 0.25) is 0 Å². The molecule has 2 aromatic heterocycles. The predicted molar refractivity (Wildman–Crippen MR) is 90.1 cm³/mol. The number of fused-ring (bicyclic) bond motifs is 1. The fraction of sp³-hybridized carbons (Fsp3) is 0.294. The van der Waals surface area contributed by atoms with E-state index in [0.29, 0.717) is 12.5 Å². The van der Waals surface area contributed by atoms with E-state index in [1.807, 2.05) is 34.3 Å². The number of nitrogens with zero attached hydrogens (tertiary/aromatic N) is 2. The Kier molecular flexibility index (Phi) is 4.24. The molecule has 1 amide bonds. The molecule has 0 radical (unpaired) electrons. The van der Waals surface area contributed by atoms with Gasteiger partial charge in [0.15, 0.2) is 0 Å². The monoisotopic (exact) mass is 313 g/mol. The summed E-state index contributed by atoms with van der Waals surface area (Å²) in [6.07, 6.45) is 0. The Bertz CT molecular complexity index is 774. The van der Waals surface area contributed by atoms with Crippen LogP contribution in [0.5, 0.6) is 0 Å². The maximum absolute atomic E-state index is 12.1. The van der Waals surface area contributed by atoms with E-state index in [-0.39, 0.29) is 5.91 Å². The number of carbonyl (C=O) groups excluding carboxylic acids is 1. The Morgan fingerprint density at radius 1 is 1.27 bits per heavy atom. The zero-order chi connectivity index (χ0) is 15.5. The molecular weight excluding hydrogens is 294 g/mol. The summed E-state index contributed by atoms with van der Waals surface area (Å²) >= 11 is 1.45. The summed E-state index contributed by atoms with van der Waals surface area (Å²) in [4.78, 5) is 12.8. The zero-order valence-corrected chi connectivity index (χ0v) is 13.6. The summed E-state index contributed by atoms with van der Waals surface area (Å²) in [5.41, 5.74) is 2.04. The Balaban J connectivity index is 1.83. The first-order valence-corrected chi connectivity index (χ1v) is 8.29. The lowest BCUT2D eigenvalue weighted by Crippen LogP contribution is -2.22. The molecule has 0 saturated carbocycles. The van der Waals surface area contributed by atoms with Crippen molar-refractivity contribution in [2.24, 2.45) is 5.92 Å². The number of aromatic nitrogens is 2. The second kappa shape index (κ2) is 6.32. The van der Waals surface area contributed by atoms with Gasteiger partial charge in [-0.25, -0.2) is 0 Å². The highest BCUT2D eigenvalue weighted by Gasteiger charge is 2.13. The van der Waals surface area contributed by atoms with E-state index >= 15 is 0 Å². The van der Waals surface area contributed by atoms with Crippen LogP contribution in [0.3, 0.4) is 0 Å². The number of thiophene rings is 1. The quantitative estimate of drug-likeness (QED) is 0.781. The van der Waals surface area contributed by atoms with Gasteiger partial charge in [-0.15, -0.1) is 11.3 Å². The highest BCUT2D eigenvalue weighted by Crippen LogP contribution is 2.19. The summed E-state index contributed by atoms with van der Waals surface area (Å²) in [6, 6.07) is 11.9. The smallest absolute Gasteiger partial charge is 0.261 e. The van der Waals surface area contributed by atoms with Crippen molar-refractivity contribution in [3.63, 3.8) is 0 Å². The minimum atomic E-state index is -0.0440. The van der Waals surface area contributed by atoms with Gasteiger partial charge in [0, 0.05) is 11.9 Å². The average molecular weight is 313 g/mol. The molecule has 0 aliphatic carbocycles. The molecule has 0 fully saturated rings. The third-order valence-corrected chi connectivity index (χ3v) is 4.30. The number of hydrogen-bond acceptors (Lipinski definition) is 3. The van der Waals surface area contributed by atoms with Crippen LogP contribution in [0.15, 0.2) is 41.8 Å². The first-order valence-electron chi connectivity index (χ1n) is 7.41. The highest BCUT2D eigenvalue weighted by molar-refractivity contribution is 7.12. The normalized spacial score (nSPS) is 11.2. The molecule has 2 heterocycles. The lowest BCUT2D eigenvalue weighted by Gasteiger charge is -2.05. The third-order valence-electron chi connectivity index (χ3n) is 3.43. The molecule has 114 valence electrons. The Morgan fingerprint density at radius 3 is 2.82 bits per heavy atom. The molecule has 0 aliphatic rings. The molecule has 5 heteroatoms. The van der Waals surface area contributed by atoms with Crippen LogP contribution >= 0.6 is 11.3 Å². The van der Waals surface area contributed by atoms with Crippen molar-refractivity contribution < 1.29 is 4.79 Å². The maximum atomic E-state index is 12.1. The molecular formula is C17H19N3OS. The summed E-state index contributed by atoms with van der Waals surface area (Å²) in [6.45, 7) is 5.67. The van der Waals surface area contributed by atoms with Crippen molar-refractivity contribution in [1.82, 2.24) is 15.1 Å². The summed E-state index contributed by atoms with van der Waals surface area (Å²) in [5, 5.41) is 10.7. The largest absolute Gasteiger partial charge is 0.346 e. The van der Waals surface area contributed by atoms with Crippen molar-refractivity contribution in [2.75, 3.05) is 0 Å². The number of benzene rings is 1. The van der Waals surface area contributed by atoms with Crippen molar-refractivity contribution in [1.29, 1.82) is 0 Å². The number of nitrogens with one attached hydrogen (secondary N) is 1. The van der Waals surface area contributed by atoms with Crippen LogP contribution in [0.25, 0.3) is 10.9 Å². The average Bonchev–Trinajstić information content (AvgIpc) is 3.13. The number of carbonyl (C=O) groups is 1. The van der Waals surface area contributed by atoms with Gasteiger partial charge in [-0.2, -0.15) is 5.10 Å². The van der Waals surface area contributed by atoms with E-state index in [2.05, 4.69) is 36.4 Å². The van der Waals surface area contributed by atoms with Gasteiger partial charge in [0.1, 0.15) is 0 Å². The number of amides is 1. The molecule has 0 aliphatic heterocycles. The van der Waals surface area contributed by atoms with Crippen LogP contribution in [0.1, 0.15) is 29.2 Å². The molecule has 1 aromatic carbocycles. The van der Waals surface area contributed by atoms with E-state index < -0.39 is 0 Å². The van der Waals surface area contributed by atoms with E-state index in [4.69, 9.17) is 0 Å². The maximum Gasteiger partial charge on any atom is 0.261 e. The van der Waals surface area contributed by atoms with Gasteiger partial charge in [0.05, 0.1) is 22.6 Å². The lowest BCUT2D eigenvalue weighted by atomic mass is 10.2. The summed E-state index contributed by atoms with van der Waals surface area (Å²) in [5.74, 6) is 0.481. The van der Waals surface area contributed by atoms with Crippen LogP contribution in [0.4, 0.5) is 0 Å². The fourth-order valence-corrected chi connectivity index (χ4v) is 3.11. The second-order valence-corrected chi connectivity index (χ2v) is 6.65. The highest BCUT2D eigenvalue weighted by atomic mass is 32.1. The van der Waals surface area contributed by atoms with Crippen LogP contribution in [-0.4, -0.2) is 15.7 Å². The Hall–Kier alpha value is -2.14. The first-order chi connectivity index (χ1) is 10.6. The topological polar surface area (TPSA) is 46.9 Å². The van der Waals surface area contributed by atoms with Gasteiger partial charge in [-0.1, -0.05) is 38.1 Å². The van der Waals surface area contributed by atoms with Crippen LogP contribution in [-0.2, 0) is 13.1 Å². The molecule has 0 bridgehead atoms. The molecule has 22 heavy (non-hydrogen) atoms. The van der Waals surface area contributed by atoms with Gasteiger partial charge in [-0.3, -0.25) is 9.48 Å². The molecule has 0 saturated heterocycles. The van der Waals surface area contributed by atoms with Gasteiger partial charge in [0.25, 0.3) is 5.91 Å².